The van der Waals surface area contributed by atoms with Gasteiger partial charge in [0.1, 0.15) is 12.2 Å². The molecule has 0 amide bonds. The minimum absolute atomic E-state index is 0.125. The Hall–Kier alpha value is -1.65. The van der Waals surface area contributed by atoms with Crippen LogP contribution in [0.15, 0.2) is 11.6 Å². The normalized spacial score (nSPS) is 49.4. The van der Waals surface area contributed by atoms with E-state index in [0.29, 0.717) is 19.3 Å². The van der Waals surface area contributed by atoms with Gasteiger partial charge in [-0.25, -0.2) is 0 Å². The second kappa shape index (κ2) is 4.50. The van der Waals surface area contributed by atoms with Crippen molar-refractivity contribution in [2.75, 3.05) is 0 Å². The van der Waals surface area contributed by atoms with E-state index < -0.39 is 0 Å². The molecule has 0 aromatic carbocycles. The zero-order valence-electron chi connectivity index (χ0n) is 13.9. The molecule has 2 saturated carbocycles. The molecule has 0 aromatic rings. The number of esters is 2. The molecule has 2 saturated heterocycles. The average molecular weight is 330 g/mol. The van der Waals surface area contributed by atoms with E-state index in [-0.39, 0.29) is 52.6 Å². The molecule has 2 bridgehead atoms. The van der Waals surface area contributed by atoms with E-state index in [4.69, 9.17) is 9.47 Å². The Bertz CT molecular complexity index is 694. The number of allylic oxidation sites excluding steroid dienone is 2. The fourth-order valence-electron chi connectivity index (χ4n) is 6.52. The summed E-state index contributed by atoms with van der Waals surface area (Å²) in [4.78, 5) is 36.2. The van der Waals surface area contributed by atoms with Crippen LogP contribution in [0.4, 0.5) is 0 Å². The lowest BCUT2D eigenvalue weighted by Crippen LogP contribution is -2.62. The lowest BCUT2D eigenvalue weighted by Gasteiger charge is -2.60. The van der Waals surface area contributed by atoms with Crippen LogP contribution < -0.4 is 0 Å². The summed E-state index contributed by atoms with van der Waals surface area (Å²) in [5.41, 5.74) is 0.735. The van der Waals surface area contributed by atoms with E-state index in [0.717, 1.165) is 25.7 Å². The predicted octanol–water partition coefficient (Wildman–Crippen LogP) is 2.33. The minimum Gasteiger partial charge on any atom is -0.462 e. The first-order valence-corrected chi connectivity index (χ1v) is 9.04. The van der Waals surface area contributed by atoms with Crippen molar-refractivity contribution in [1.29, 1.82) is 0 Å². The van der Waals surface area contributed by atoms with Gasteiger partial charge in [-0.3, -0.25) is 14.4 Å². The quantitative estimate of drug-likeness (QED) is 0.638. The molecule has 2 heterocycles. The number of carbonyl (C=O) groups excluding carboxylic acids is 3. The molecule has 1 spiro atoms. The summed E-state index contributed by atoms with van der Waals surface area (Å²) in [6.07, 6.45) is 6.06. The zero-order chi connectivity index (χ0) is 16.7. The molecule has 0 aromatic heterocycles. The maximum Gasteiger partial charge on any atom is 0.306 e. The van der Waals surface area contributed by atoms with Crippen molar-refractivity contribution in [3.63, 3.8) is 0 Å². The van der Waals surface area contributed by atoms with Crippen LogP contribution in [-0.2, 0) is 23.9 Å². The third-order valence-electron chi connectivity index (χ3n) is 7.44. The fraction of sp³-hybridized carbons (Fsp3) is 0.737. The summed E-state index contributed by atoms with van der Waals surface area (Å²) in [5, 5.41) is 0. The third-order valence-corrected chi connectivity index (χ3v) is 7.44. The first-order valence-electron chi connectivity index (χ1n) is 9.04. The predicted molar refractivity (Wildman–Crippen MR) is 82.7 cm³/mol. The number of fused-ring (bicyclic) bond motifs is 6. The smallest absolute Gasteiger partial charge is 0.306 e. The Kier molecular flexibility index (Phi) is 2.75. The molecule has 2 aliphatic heterocycles. The monoisotopic (exact) mass is 330 g/mol. The van der Waals surface area contributed by atoms with Gasteiger partial charge < -0.3 is 9.47 Å². The average Bonchev–Trinajstić information content (AvgIpc) is 2.81. The minimum atomic E-state index is -0.347. The van der Waals surface area contributed by atoms with Gasteiger partial charge in [0.25, 0.3) is 0 Å². The molecule has 5 rings (SSSR count). The largest absolute Gasteiger partial charge is 0.462 e. The van der Waals surface area contributed by atoms with E-state index in [1.807, 2.05) is 6.08 Å². The number of rotatable bonds is 0. The first kappa shape index (κ1) is 14.7. The van der Waals surface area contributed by atoms with Crippen molar-refractivity contribution in [3.8, 4) is 0 Å². The lowest BCUT2D eigenvalue weighted by molar-refractivity contribution is -0.209. The van der Waals surface area contributed by atoms with Crippen LogP contribution in [0.2, 0.25) is 0 Å². The highest BCUT2D eigenvalue weighted by Crippen LogP contribution is 2.65. The first-order chi connectivity index (χ1) is 11.4. The molecule has 5 heteroatoms. The van der Waals surface area contributed by atoms with E-state index in [2.05, 4.69) is 6.92 Å². The van der Waals surface area contributed by atoms with Gasteiger partial charge in [-0.2, -0.15) is 0 Å². The fourth-order valence-corrected chi connectivity index (χ4v) is 6.52. The van der Waals surface area contributed by atoms with Gasteiger partial charge in [0.05, 0.1) is 12.8 Å². The maximum atomic E-state index is 12.3. The van der Waals surface area contributed by atoms with Crippen molar-refractivity contribution < 1.29 is 23.9 Å². The summed E-state index contributed by atoms with van der Waals surface area (Å²) in [6.45, 7) is 2.22. The molecule has 4 fully saturated rings. The second-order valence-corrected chi connectivity index (χ2v) is 8.64. The molecule has 5 nitrogen and oxygen atoms in total. The maximum absolute atomic E-state index is 12.3. The highest BCUT2D eigenvalue weighted by molar-refractivity contribution is 5.91. The van der Waals surface area contributed by atoms with Crippen LogP contribution in [-0.4, -0.2) is 29.9 Å². The zero-order valence-corrected chi connectivity index (χ0v) is 13.9. The molecule has 24 heavy (non-hydrogen) atoms. The summed E-state index contributed by atoms with van der Waals surface area (Å²) < 4.78 is 11.6. The van der Waals surface area contributed by atoms with Gasteiger partial charge in [0.15, 0.2) is 5.78 Å². The van der Waals surface area contributed by atoms with E-state index in [1.54, 1.807) is 0 Å². The lowest BCUT2D eigenvalue weighted by atomic mass is 9.47. The van der Waals surface area contributed by atoms with Crippen LogP contribution in [0.25, 0.3) is 0 Å². The van der Waals surface area contributed by atoms with E-state index in [1.165, 1.54) is 5.57 Å². The van der Waals surface area contributed by atoms with Gasteiger partial charge in [-0.15, -0.1) is 0 Å². The Morgan fingerprint density at radius 1 is 1.08 bits per heavy atom. The molecule has 3 aliphatic carbocycles. The third kappa shape index (κ3) is 1.73. The van der Waals surface area contributed by atoms with Gasteiger partial charge in [0.2, 0.25) is 0 Å². The van der Waals surface area contributed by atoms with Gasteiger partial charge >= 0.3 is 11.9 Å². The second-order valence-electron chi connectivity index (χ2n) is 8.64. The number of ketones is 1. The van der Waals surface area contributed by atoms with Gasteiger partial charge in [0, 0.05) is 23.7 Å². The summed E-state index contributed by atoms with van der Waals surface area (Å²) in [7, 11) is 0. The van der Waals surface area contributed by atoms with Crippen molar-refractivity contribution >= 4 is 17.7 Å². The molecular formula is C19H22O5. The highest BCUT2D eigenvalue weighted by Gasteiger charge is 2.67. The van der Waals surface area contributed by atoms with Crippen molar-refractivity contribution in [2.45, 2.75) is 64.1 Å². The Labute approximate surface area is 140 Å². The summed E-state index contributed by atoms with van der Waals surface area (Å²) >= 11 is 0. The SMILES string of the molecule is CC12CCC(=O)C=C1CCC1C3OC(=O)CC34CC(=O)OC(C4)C12. The van der Waals surface area contributed by atoms with Crippen molar-refractivity contribution in [1.82, 2.24) is 0 Å². The number of ether oxygens (including phenoxy) is 2. The van der Waals surface area contributed by atoms with Gasteiger partial charge in [-0.1, -0.05) is 12.5 Å². The van der Waals surface area contributed by atoms with Crippen LogP contribution >= 0.6 is 0 Å². The molecule has 5 aliphatic rings. The molecule has 0 N–H and O–H groups in total. The Morgan fingerprint density at radius 3 is 2.62 bits per heavy atom. The van der Waals surface area contributed by atoms with Crippen LogP contribution in [0, 0.1) is 22.7 Å². The van der Waals surface area contributed by atoms with Crippen LogP contribution in [0.1, 0.15) is 51.9 Å². The Balaban J connectivity index is 1.62. The molecule has 128 valence electrons. The highest BCUT2D eigenvalue weighted by atomic mass is 16.6. The Morgan fingerprint density at radius 2 is 1.83 bits per heavy atom. The van der Waals surface area contributed by atoms with Crippen molar-refractivity contribution in [2.24, 2.45) is 22.7 Å². The van der Waals surface area contributed by atoms with Gasteiger partial charge in [-0.05, 0) is 37.2 Å². The van der Waals surface area contributed by atoms with E-state index >= 15 is 0 Å². The van der Waals surface area contributed by atoms with E-state index in [9.17, 15) is 14.4 Å². The van der Waals surface area contributed by atoms with Crippen LogP contribution in [0.5, 0.6) is 0 Å². The molecule has 6 atom stereocenters. The number of carbonyl (C=O) groups is 3. The number of hydrogen-bond donors (Lipinski definition) is 0. The number of hydrogen-bond acceptors (Lipinski definition) is 5. The van der Waals surface area contributed by atoms with Crippen LogP contribution in [0.3, 0.4) is 0 Å². The standard InChI is InChI=1S/C19H22O5/c1-18-5-4-11(20)6-10(18)2-3-12-16(18)13-7-19(8-14(21)23-13)9-15(22)24-17(12)19/h6,12-13,16-17H,2-5,7-9H2,1H3. The molecule has 0 radical (unpaired) electrons. The van der Waals surface area contributed by atoms with Crippen molar-refractivity contribution in [3.05, 3.63) is 11.6 Å². The summed E-state index contributed by atoms with van der Waals surface area (Å²) in [5.74, 6) is 0.232. The summed E-state index contributed by atoms with van der Waals surface area (Å²) in [6, 6.07) is 0. The molecule has 6 unspecified atom stereocenters. The molecular weight excluding hydrogens is 308 g/mol. The topological polar surface area (TPSA) is 69.7 Å².